The maximum Gasteiger partial charge on any atom is 0.330 e. The molecule has 0 aliphatic rings. The summed E-state index contributed by atoms with van der Waals surface area (Å²) in [6.45, 7) is 3.36. The third kappa shape index (κ3) is 4.24. The van der Waals surface area contributed by atoms with Crippen molar-refractivity contribution in [3.8, 4) is 5.75 Å². The molecule has 86 valence electrons. The summed E-state index contributed by atoms with van der Waals surface area (Å²) in [5.41, 5.74) is 0.722. The number of carbonyl (C=O) groups excluding carboxylic acids is 1. The monoisotopic (exact) mass is 241 g/mol. The van der Waals surface area contributed by atoms with Crippen LogP contribution in [0.5, 0.6) is 5.75 Å². The Morgan fingerprint density at radius 2 is 2.06 bits per heavy atom. The molecule has 0 bridgehead atoms. The maximum atomic E-state index is 10.8. The van der Waals surface area contributed by atoms with Crippen LogP contribution in [-0.4, -0.2) is 14.7 Å². The van der Waals surface area contributed by atoms with Crippen LogP contribution in [-0.2, 0) is 27.5 Å². The van der Waals surface area contributed by atoms with Gasteiger partial charge in [-0.25, -0.2) is 9.00 Å². The zero-order chi connectivity index (χ0) is 12.0. The molecule has 1 aromatic carbocycles. The van der Waals surface area contributed by atoms with Crippen molar-refractivity contribution < 1.29 is 22.5 Å². The summed E-state index contributed by atoms with van der Waals surface area (Å²) in [4.78, 5) is 10.8. The molecule has 0 aliphatic carbocycles. The zero-order valence-corrected chi connectivity index (χ0v) is 9.07. The van der Waals surface area contributed by atoms with Gasteiger partial charge in [-0.05, 0) is 17.7 Å². The van der Waals surface area contributed by atoms with Crippen molar-refractivity contribution in [3.63, 3.8) is 0 Å². The Balaban J connectivity index is 2.54. The van der Waals surface area contributed by atoms with Crippen molar-refractivity contribution in [2.75, 3.05) is 0 Å². The van der Waals surface area contributed by atoms with E-state index in [1.165, 1.54) is 12.1 Å². The second-order valence-electron chi connectivity index (χ2n) is 2.74. The second kappa shape index (κ2) is 6.04. The lowest BCUT2D eigenvalue weighted by Crippen LogP contribution is -2.01. The molecular formula is C10H9O5S-. The summed E-state index contributed by atoms with van der Waals surface area (Å²) in [6.07, 6.45) is 1.07. The minimum atomic E-state index is -2.58. The molecule has 0 N–H and O–H groups in total. The molecule has 16 heavy (non-hydrogen) atoms. The van der Waals surface area contributed by atoms with Gasteiger partial charge in [-0.15, -0.1) is 0 Å². The van der Waals surface area contributed by atoms with Crippen molar-refractivity contribution in [1.29, 1.82) is 0 Å². The number of ether oxygens (including phenoxy) is 1. The normalized spacial score (nSPS) is 11.6. The number of esters is 1. The predicted octanol–water partition coefficient (Wildman–Crippen LogP) is 1.09. The van der Waals surface area contributed by atoms with Gasteiger partial charge in [0.1, 0.15) is 23.7 Å². The lowest BCUT2D eigenvalue weighted by atomic mass is 10.2. The van der Waals surface area contributed by atoms with E-state index >= 15 is 0 Å². The smallest absolute Gasteiger partial charge is 0.330 e. The molecule has 5 nitrogen and oxygen atoms in total. The highest BCUT2D eigenvalue weighted by molar-refractivity contribution is 7.74. The van der Waals surface area contributed by atoms with Crippen LogP contribution in [0.3, 0.4) is 0 Å². The molecular weight excluding hydrogens is 232 g/mol. The Morgan fingerprint density at radius 3 is 2.56 bits per heavy atom. The van der Waals surface area contributed by atoms with Gasteiger partial charge < -0.3 is 13.5 Å². The van der Waals surface area contributed by atoms with Gasteiger partial charge in [0.25, 0.3) is 0 Å². The standard InChI is InChI=1S/C10H10O5S/c1-2-10(11)14-7-8-3-5-9(6-4-8)15-16(12)13/h2-6H,1,7H2,(H,12,13)/p-1. The fourth-order valence-corrected chi connectivity index (χ4v) is 1.20. The highest BCUT2D eigenvalue weighted by atomic mass is 32.2. The Morgan fingerprint density at radius 1 is 1.44 bits per heavy atom. The fourth-order valence-electron chi connectivity index (χ4n) is 0.933. The summed E-state index contributed by atoms with van der Waals surface area (Å²) in [6, 6.07) is 6.12. The SMILES string of the molecule is C=CC(=O)OCc1ccc(OS(=O)[O-])cc1. The van der Waals surface area contributed by atoms with Crippen LogP contribution in [0.1, 0.15) is 5.56 Å². The topological polar surface area (TPSA) is 75.7 Å². The maximum absolute atomic E-state index is 10.8. The third-order valence-corrected chi connectivity index (χ3v) is 1.96. The Bertz CT molecular complexity index is 398. The first-order chi connectivity index (χ1) is 7.61. The van der Waals surface area contributed by atoms with Crippen molar-refractivity contribution in [2.45, 2.75) is 6.61 Å². The largest absolute Gasteiger partial charge is 0.740 e. The average Bonchev–Trinajstić information content (AvgIpc) is 2.27. The first-order valence-corrected chi connectivity index (χ1v) is 5.27. The minimum absolute atomic E-state index is 0.103. The van der Waals surface area contributed by atoms with E-state index in [0.29, 0.717) is 0 Å². The molecule has 0 aliphatic heterocycles. The number of hydrogen-bond donors (Lipinski definition) is 0. The van der Waals surface area contributed by atoms with E-state index in [-0.39, 0.29) is 12.4 Å². The summed E-state index contributed by atoms with van der Waals surface area (Å²) < 4.78 is 29.6. The van der Waals surface area contributed by atoms with Crippen molar-refractivity contribution in [1.82, 2.24) is 0 Å². The van der Waals surface area contributed by atoms with E-state index in [1.54, 1.807) is 12.1 Å². The van der Waals surface area contributed by atoms with Gasteiger partial charge in [0.05, 0.1) is 0 Å². The molecule has 0 fully saturated rings. The van der Waals surface area contributed by atoms with Crippen molar-refractivity contribution >= 4 is 17.3 Å². The van der Waals surface area contributed by atoms with Crippen LogP contribution >= 0.6 is 0 Å². The molecule has 0 aromatic heterocycles. The molecule has 0 saturated carbocycles. The van der Waals surface area contributed by atoms with Gasteiger partial charge in [-0.2, -0.15) is 0 Å². The minimum Gasteiger partial charge on any atom is -0.740 e. The number of hydrogen-bond acceptors (Lipinski definition) is 5. The van der Waals surface area contributed by atoms with E-state index < -0.39 is 17.3 Å². The van der Waals surface area contributed by atoms with Crippen LogP contribution in [0, 0.1) is 0 Å². The van der Waals surface area contributed by atoms with Gasteiger partial charge >= 0.3 is 5.97 Å². The van der Waals surface area contributed by atoms with E-state index in [9.17, 15) is 13.6 Å². The molecule has 1 aromatic rings. The predicted molar refractivity (Wildman–Crippen MR) is 56.0 cm³/mol. The molecule has 0 spiro atoms. The summed E-state index contributed by atoms with van der Waals surface area (Å²) in [5, 5.41) is 0. The van der Waals surface area contributed by atoms with Gasteiger partial charge in [0.2, 0.25) is 0 Å². The molecule has 1 rings (SSSR count). The first kappa shape index (κ1) is 12.4. The van der Waals surface area contributed by atoms with Crippen LogP contribution in [0.4, 0.5) is 0 Å². The van der Waals surface area contributed by atoms with Crippen LogP contribution in [0.2, 0.25) is 0 Å². The average molecular weight is 241 g/mol. The van der Waals surface area contributed by atoms with E-state index in [1.807, 2.05) is 0 Å². The van der Waals surface area contributed by atoms with Crippen LogP contribution < -0.4 is 4.18 Å². The first-order valence-electron chi connectivity index (χ1n) is 4.27. The molecule has 0 radical (unpaired) electrons. The fraction of sp³-hybridized carbons (Fsp3) is 0.100. The number of carbonyl (C=O) groups is 1. The molecule has 0 amide bonds. The molecule has 0 saturated heterocycles. The third-order valence-electron chi connectivity index (χ3n) is 1.64. The zero-order valence-electron chi connectivity index (χ0n) is 8.25. The van der Waals surface area contributed by atoms with Crippen LogP contribution in [0.15, 0.2) is 36.9 Å². The molecule has 0 heterocycles. The van der Waals surface area contributed by atoms with E-state index in [4.69, 9.17) is 4.74 Å². The highest BCUT2D eigenvalue weighted by Crippen LogP contribution is 2.13. The van der Waals surface area contributed by atoms with Gasteiger partial charge in [0, 0.05) is 6.08 Å². The van der Waals surface area contributed by atoms with Gasteiger partial charge in [-0.1, -0.05) is 18.7 Å². The summed E-state index contributed by atoms with van der Waals surface area (Å²) >= 11 is -2.58. The lowest BCUT2D eigenvalue weighted by Gasteiger charge is -2.07. The van der Waals surface area contributed by atoms with Crippen molar-refractivity contribution in [2.24, 2.45) is 0 Å². The second-order valence-corrected chi connectivity index (χ2v) is 3.32. The van der Waals surface area contributed by atoms with Gasteiger partial charge in [0.15, 0.2) is 0 Å². The highest BCUT2D eigenvalue weighted by Gasteiger charge is 1.99. The molecule has 1 unspecified atom stereocenters. The van der Waals surface area contributed by atoms with Crippen LogP contribution in [0.25, 0.3) is 0 Å². The summed E-state index contributed by atoms with van der Waals surface area (Å²) in [5.74, 6) is -0.312. The van der Waals surface area contributed by atoms with E-state index in [2.05, 4.69) is 10.8 Å². The Hall–Kier alpha value is -1.66. The summed E-state index contributed by atoms with van der Waals surface area (Å²) in [7, 11) is 0. The lowest BCUT2D eigenvalue weighted by molar-refractivity contribution is -0.138. The van der Waals surface area contributed by atoms with Crippen molar-refractivity contribution in [3.05, 3.63) is 42.5 Å². The Kier molecular flexibility index (Phi) is 4.68. The Labute approximate surface area is 95.2 Å². The molecule has 1 atom stereocenters. The van der Waals surface area contributed by atoms with Gasteiger partial charge in [-0.3, -0.25) is 0 Å². The molecule has 6 heteroatoms. The number of rotatable bonds is 5. The van der Waals surface area contributed by atoms with E-state index in [0.717, 1.165) is 11.6 Å². The number of benzene rings is 1. The quantitative estimate of drug-likeness (QED) is 0.438.